The van der Waals surface area contributed by atoms with Crippen LogP contribution in [0.2, 0.25) is 5.15 Å². The highest BCUT2D eigenvalue weighted by Gasteiger charge is 2.23. The summed E-state index contributed by atoms with van der Waals surface area (Å²) < 4.78 is 1.87. The van der Waals surface area contributed by atoms with Gasteiger partial charge in [-0.1, -0.05) is 11.6 Å². The van der Waals surface area contributed by atoms with Crippen LogP contribution in [0.15, 0.2) is 0 Å². The lowest BCUT2D eigenvalue weighted by molar-refractivity contribution is 0.0993. The number of carbonyl (C=O) groups is 1. The molecule has 0 atom stereocenters. The van der Waals surface area contributed by atoms with Gasteiger partial charge in [0, 0.05) is 13.0 Å². The Morgan fingerprint density at radius 3 is 3.15 bits per heavy atom. The Hall–Kier alpha value is -0.870. The molecule has 0 radical (unpaired) electrons. The van der Waals surface area contributed by atoms with Crippen LogP contribution in [-0.4, -0.2) is 21.9 Å². The lowest BCUT2D eigenvalue weighted by Gasteiger charge is -2.01. The van der Waals surface area contributed by atoms with Crippen molar-refractivity contribution in [3.63, 3.8) is 0 Å². The van der Waals surface area contributed by atoms with E-state index in [9.17, 15) is 4.79 Å². The number of Topliss-reactive ketones (excluding diaryl/α,β-unsaturated/α-hetero) is 1. The number of halogens is 1. The van der Waals surface area contributed by atoms with Gasteiger partial charge in [0.1, 0.15) is 11.5 Å². The zero-order valence-corrected chi connectivity index (χ0v) is 7.84. The molecule has 0 amide bonds. The molecule has 1 aromatic heterocycles. The first kappa shape index (κ1) is 8.72. The van der Waals surface area contributed by atoms with Crippen LogP contribution in [-0.2, 0) is 13.0 Å². The highest BCUT2D eigenvalue weighted by Crippen LogP contribution is 2.23. The third kappa shape index (κ3) is 1.26. The van der Waals surface area contributed by atoms with Crippen molar-refractivity contribution in [2.24, 2.45) is 5.73 Å². The van der Waals surface area contributed by atoms with E-state index in [1.165, 1.54) is 0 Å². The van der Waals surface area contributed by atoms with Crippen molar-refractivity contribution in [1.82, 2.24) is 9.55 Å². The van der Waals surface area contributed by atoms with E-state index in [2.05, 4.69) is 4.98 Å². The molecule has 2 heterocycles. The molecule has 1 aromatic rings. The van der Waals surface area contributed by atoms with Crippen molar-refractivity contribution >= 4 is 17.4 Å². The second-order valence-electron chi connectivity index (χ2n) is 3.05. The lowest BCUT2D eigenvalue weighted by atomic mass is 10.3. The van der Waals surface area contributed by atoms with Gasteiger partial charge in [-0.2, -0.15) is 0 Å². The number of aryl methyl sites for hydroxylation is 1. The molecule has 1 aliphatic rings. The average Bonchev–Trinajstić information content (AvgIpc) is 2.62. The van der Waals surface area contributed by atoms with E-state index in [-0.39, 0.29) is 12.3 Å². The zero-order valence-electron chi connectivity index (χ0n) is 7.09. The maximum absolute atomic E-state index is 11.4. The Kier molecular flexibility index (Phi) is 2.09. The molecule has 0 bridgehead atoms. The molecule has 1 aliphatic heterocycles. The number of aromatic nitrogens is 2. The molecule has 13 heavy (non-hydrogen) atoms. The monoisotopic (exact) mass is 199 g/mol. The molecule has 2 rings (SSSR count). The molecular weight excluding hydrogens is 190 g/mol. The Morgan fingerprint density at radius 2 is 2.46 bits per heavy atom. The average molecular weight is 200 g/mol. The van der Waals surface area contributed by atoms with Crippen LogP contribution in [0.4, 0.5) is 0 Å². The summed E-state index contributed by atoms with van der Waals surface area (Å²) in [6.45, 7) is 0.820. The van der Waals surface area contributed by atoms with Crippen molar-refractivity contribution in [3.05, 3.63) is 16.7 Å². The molecule has 70 valence electrons. The predicted molar refractivity (Wildman–Crippen MR) is 48.9 cm³/mol. The third-order valence-electron chi connectivity index (χ3n) is 2.24. The van der Waals surface area contributed by atoms with E-state index < -0.39 is 0 Å². The maximum atomic E-state index is 11.4. The first-order valence-corrected chi connectivity index (χ1v) is 4.60. The van der Waals surface area contributed by atoms with E-state index in [4.69, 9.17) is 17.3 Å². The SMILES string of the molecule is NCC(=O)c1c(Cl)nc2n1CCC2. The van der Waals surface area contributed by atoms with Crippen LogP contribution < -0.4 is 5.73 Å². The highest BCUT2D eigenvalue weighted by molar-refractivity contribution is 6.32. The number of rotatable bonds is 2. The molecule has 0 unspecified atom stereocenters. The van der Waals surface area contributed by atoms with Gasteiger partial charge < -0.3 is 10.3 Å². The summed E-state index contributed by atoms with van der Waals surface area (Å²) in [5.41, 5.74) is 5.76. The molecule has 0 aromatic carbocycles. The summed E-state index contributed by atoms with van der Waals surface area (Å²) in [6, 6.07) is 0. The number of nitrogens with zero attached hydrogens (tertiary/aromatic N) is 2. The Balaban J connectivity index is 2.50. The van der Waals surface area contributed by atoms with Crippen LogP contribution in [0.1, 0.15) is 22.7 Å². The van der Waals surface area contributed by atoms with Gasteiger partial charge in [0.05, 0.1) is 6.54 Å². The van der Waals surface area contributed by atoms with Gasteiger partial charge in [-0.15, -0.1) is 0 Å². The molecule has 0 saturated carbocycles. The zero-order chi connectivity index (χ0) is 9.42. The summed E-state index contributed by atoms with van der Waals surface area (Å²) in [5.74, 6) is 0.771. The molecule has 2 N–H and O–H groups in total. The van der Waals surface area contributed by atoms with Gasteiger partial charge in [-0.3, -0.25) is 4.79 Å². The van der Waals surface area contributed by atoms with Crippen molar-refractivity contribution in [3.8, 4) is 0 Å². The number of fused-ring (bicyclic) bond motifs is 1. The van der Waals surface area contributed by atoms with Gasteiger partial charge in [0.2, 0.25) is 0 Å². The van der Waals surface area contributed by atoms with Gasteiger partial charge in [0.25, 0.3) is 0 Å². The topological polar surface area (TPSA) is 60.9 Å². The highest BCUT2D eigenvalue weighted by atomic mass is 35.5. The number of hydrogen-bond donors (Lipinski definition) is 1. The van der Waals surface area contributed by atoms with Gasteiger partial charge in [-0.25, -0.2) is 4.98 Å². The second kappa shape index (κ2) is 3.12. The fourth-order valence-electron chi connectivity index (χ4n) is 1.66. The maximum Gasteiger partial charge on any atom is 0.195 e. The van der Waals surface area contributed by atoms with E-state index in [0.717, 1.165) is 25.2 Å². The molecule has 0 spiro atoms. The number of nitrogens with two attached hydrogens (primary N) is 1. The lowest BCUT2D eigenvalue weighted by Crippen LogP contribution is -2.17. The summed E-state index contributed by atoms with van der Waals surface area (Å²) in [6.07, 6.45) is 1.93. The molecule has 0 fully saturated rings. The smallest absolute Gasteiger partial charge is 0.195 e. The van der Waals surface area contributed by atoms with E-state index >= 15 is 0 Å². The van der Waals surface area contributed by atoms with E-state index in [0.29, 0.717) is 10.8 Å². The van der Waals surface area contributed by atoms with Crippen LogP contribution in [0, 0.1) is 0 Å². The molecule has 0 saturated heterocycles. The summed E-state index contributed by atoms with van der Waals surface area (Å²) >= 11 is 5.83. The standard InChI is InChI=1S/C8H10ClN3O/c9-8-7(5(13)4-10)12-3-1-2-6(12)11-8/h1-4,10H2. The van der Waals surface area contributed by atoms with Crippen molar-refractivity contribution < 1.29 is 4.79 Å². The number of carbonyl (C=O) groups excluding carboxylic acids is 1. The van der Waals surface area contributed by atoms with Crippen molar-refractivity contribution in [1.29, 1.82) is 0 Å². The van der Waals surface area contributed by atoms with Crippen molar-refractivity contribution in [2.45, 2.75) is 19.4 Å². The van der Waals surface area contributed by atoms with Crippen LogP contribution in [0.3, 0.4) is 0 Å². The molecular formula is C8H10ClN3O. The fourth-order valence-corrected chi connectivity index (χ4v) is 1.96. The number of imidazole rings is 1. The molecule has 5 heteroatoms. The minimum absolute atomic E-state index is 0.00907. The normalized spacial score (nSPS) is 14.6. The van der Waals surface area contributed by atoms with E-state index in [1.807, 2.05) is 4.57 Å². The number of hydrogen-bond acceptors (Lipinski definition) is 3. The van der Waals surface area contributed by atoms with Crippen molar-refractivity contribution in [2.75, 3.05) is 6.54 Å². The van der Waals surface area contributed by atoms with Crippen LogP contribution >= 0.6 is 11.6 Å². The van der Waals surface area contributed by atoms with Gasteiger partial charge >= 0.3 is 0 Å². The van der Waals surface area contributed by atoms with Crippen LogP contribution in [0.25, 0.3) is 0 Å². The van der Waals surface area contributed by atoms with Crippen LogP contribution in [0.5, 0.6) is 0 Å². The summed E-state index contributed by atoms with van der Waals surface area (Å²) in [5, 5.41) is 0.296. The predicted octanol–water partition coefficient (Wildman–Crippen LogP) is 0.624. The minimum atomic E-state index is -0.134. The number of ketones is 1. The fraction of sp³-hybridized carbons (Fsp3) is 0.500. The first-order chi connectivity index (χ1) is 6.24. The quantitative estimate of drug-likeness (QED) is 0.711. The Bertz CT molecular complexity index is 359. The summed E-state index contributed by atoms with van der Waals surface area (Å²) in [7, 11) is 0. The third-order valence-corrected chi connectivity index (χ3v) is 2.50. The Morgan fingerprint density at radius 1 is 1.69 bits per heavy atom. The van der Waals surface area contributed by atoms with Gasteiger partial charge in [0.15, 0.2) is 10.9 Å². The van der Waals surface area contributed by atoms with E-state index in [1.54, 1.807) is 0 Å². The second-order valence-corrected chi connectivity index (χ2v) is 3.41. The molecule has 0 aliphatic carbocycles. The largest absolute Gasteiger partial charge is 0.324 e. The minimum Gasteiger partial charge on any atom is -0.324 e. The van der Waals surface area contributed by atoms with Gasteiger partial charge in [-0.05, 0) is 6.42 Å². The Labute approximate surface area is 80.7 Å². The molecule has 4 nitrogen and oxygen atoms in total. The summed E-state index contributed by atoms with van der Waals surface area (Å²) in [4.78, 5) is 15.5. The first-order valence-electron chi connectivity index (χ1n) is 4.22.